The van der Waals surface area contributed by atoms with Crippen LogP contribution < -0.4 is 4.74 Å². The Labute approximate surface area is 133 Å². The van der Waals surface area contributed by atoms with Crippen molar-refractivity contribution in [2.24, 2.45) is 0 Å². The predicted molar refractivity (Wildman–Crippen MR) is 74.8 cm³/mol. The van der Waals surface area contributed by atoms with Crippen molar-refractivity contribution in [1.82, 2.24) is 4.57 Å². The summed E-state index contributed by atoms with van der Waals surface area (Å²) in [7, 11) is 0. The molecule has 21 heavy (non-hydrogen) atoms. The Morgan fingerprint density at radius 1 is 1.24 bits per heavy atom. The zero-order valence-electron chi connectivity index (χ0n) is 9.99. The van der Waals surface area contributed by atoms with Gasteiger partial charge in [-0.3, -0.25) is 0 Å². The summed E-state index contributed by atoms with van der Waals surface area (Å²) in [6.07, 6.45) is -3.30. The largest absolute Gasteiger partial charge is 0.573 e. The van der Waals surface area contributed by atoms with E-state index >= 15 is 0 Å². The zero-order chi connectivity index (χ0) is 15.8. The number of hydrogen-bond donors (Lipinski definition) is 1. The average Bonchev–Trinajstić information content (AvgIpc) is 2.72. The number of carboxylic acid groups (broad SMARTS) is 1. The molecule has 2 rings (SSSR count). The molecule has 2 aromatic rings. The van der Waals surface area contributed by atoms with Gasteiger partial charge in [-0.25, -0.2) is 4.79 Å². The maximum atomic E-state index is 12.2. The number of alkyl halides is 3. The molecule has 1 aromatic heterocycles. The van der Waals surface area contributed by atoms with E-state index in [2.05, 4.69) is 36.6 Å². The number of ether oxygens (including phenoxy) is 1. The van der Waals surface area contributed by atoms with Gasteiger partial charge in [0.25, 0.3) is 0 Å². The van der Waals surface area contributed by atoms with Crippen LogP contribution in [-0.2, 0) is 0 Å². The van der Waals surface area contributed by atoms with E-state index in [0.717, 1.165) is 6.07 Å². The SMILES string of the molecule is O=C(O)c1cc(Br)cn1-c1ccc(OC(F)(F)F)c(Br)c1. The highest BCUT2D eigenvalue weighted by molar-refractivity contribution is 9.10. The van der Waals surface area contributed by atoms with E-state index in [1.54, 1.807) is 0 Å². The second kappa shape index (κ2) is 5.72. The lowest BCUT2D eigenvalue weighted by Gasteiger charge is -2.12. The number of hydrogen-bond acceptors (Lipinski definition) is 2. The summed E-state index contributed by atoms with van der Waals surface area (Å²) in [6.45, 7) is 0. The molecule has 4 nitrogen and oxygen atoms in total. The first-order valence-electron chi connectivity index (χ1n) is 5.34. The van der Waals surface area contributed by atoms with E-state index in [-0.39, 0.29) is 10.2 Å². The van der Waals surface area contributed by atoms with Gasteiger partial charge >= 0.3 is 12.3 Å². The molecule has 0 amide bonds. The Morgan fingerprint density at radius 2 is 1.90 bits per heavy atom. The molecule has 0 unspecified atom stereocenters. The van der Waals surface area contributed by atoms with Crippen molar-refractivity contribution in [2.45, 2.75) is 6.36 Å². The number of halogens is 5. The molecule has 1 heterocycles. The van der Waals surface area contributed by atoms with Crippen LogP contribution in [0, 0.1) is 0 Å². The maximum Gasteiger partial charge on any atom is 0.573 e. The van der Waals surface area contributed by atoms with Crippen molar-refractivity contribution in [2.75, 3.05) is 0 Å². The molecule has 0 atom stereocenters. The molecular weight excluding hydrogens is 423 g/mol. The van der Waals surface area contributed by atoms with E-state index in [1.807, 2.05) is 0 Å². The van der Waals surface area contributed by atoms with Gasteiger partial charge in [0.1, 0.15) is 11.4 Å². The van der Waals surface area contributed by atoms with Crippen molar-refractivity contribution in [3.05, 3.63) is 45.1 Å². The summed E-state index contributed by atoms with van der Waals surface area (Å²) in [4.78, 5) is 11.1. The van der Waals surface area contributed by atoms with Crippen molar-refractivity contribution < 1.29 is 27.8 Å². The Balaban J connectivity index is 2.43. The molecular formula is C12H6Br2F3NO3. The first-order valence-corrected chi connectivity index (χ1v) is 6.93. The first kappa shape index (κ1) is 15.9. The molecule has 0 radical (unpaired) electrons. The van der Waals surface area contributed by atoms with Gasteiger partial charge in [-0.1, -0.05) is 0 Å². The van der Waals surface area contributed by atoms with Crippen LogP contribution in [-0.4, -0.2) is 22.0 Å². The molecule has 0 aliphatic carbocycles. The molecule has 1 N–H and O–H groups in total. The van der Waals surface area contributed by atoms with Gasteiger partial charge in [0.15, 0.2) is 0 Å². The van der Waals surface area contributed by atoms with Crippen molar-refractivity contribution in [1.29, 1.82) is 0 Å². The molecule has 0 fully saturated rings. The van der Waals surface area contributed by atoms with Crippen LogP contribution in [0.15, 0.2) is 39.4 Å². The smallest absolute Gasteiger partial charge is 0.477 e. The van der Waals surface area contributed by atoms with Crippen LogP contribution in [0.2, 0.25) is 0 Å². The number of rotatable bonds is 3. The van der Waals surface area contributed by atoms with E-state index in [4.69, 9.17) is 5.11 Å². The van der Waals surface area contributed by atoms with Crippen molar-refractivity contribution in [3.63, 3.8) is 0 Å². The minimum absolute atomic E-state index is 0.0294. The normalized spacial score (nSPS) is 11.5. The van der Waals surface area contributed by atoms with Crippen LogP contribution in [0.5, 0.6) is 5.75 Å². The summed E-state index contributed by atoms with van der Waals surface area (Å²) in [5.41, 5.74) is 0.345. The van der Waals surface area contributed by atoms with Gasteiger partial charge in [-0.2, -0.15) is 0 Å². The quantitative estimate of drug-likeness (QED) is 0.777. The van der Waals surface area contributed by atoms with Gasteiger partial charge in [0.2, 0.25) is 0 Å². The summed E-state index contributed by atoms with van der Waals surface area (Å²) >= 11 is 6.12. The zero-order valence-corrected chi connectivity index (χ0v) is 13.2. The number of benzene rings is 1. The first-order chi connectivity index (χ1) is 9.67. The number of carbonyl (C=O) groups is 1. The van der Waals surface area contributed by atoms with Gasteiger partial charge < -0.3 is 14.4 Å². The monoisotopic (exact) mass is 427 g/mol. The average molecular weight is 429 g/mol. The maximum absolute atomic E-state index is 12.2. The second-order valence-corrected chi connectivity index (χ2v) is 5.65. The van der Waals surface area contributed by atoms with Crippen LogP contribution in [0.4, 0.5) is 13.2 Å². The summed E-state index contributed by atoms with van der Waals surface area (Å²) in [5, 5.41) is 9.09. The number of aromatic carboxylic acids is 1. The van der Waals surface area contributed by atoms with Crippen molar-refractivity contribution >= 4 is 37.8 Å². The third-order valence-electron chi connectivity index (χ3n) is 2.43. The van der Waals surface area contributed by atoms with E-state index < -0.39 is 18.1 Å². The van der Waals surface area contributed by atoms with Gasteiger partial charge in [-0.15, -0.1) is 13.2 Å². The minimum atomic E-state index is -4.80. The molecule has 1 aromatic carbocycles. The molecule has 0 aliphatic rings. The summed E-state index contributed by atoms with van der Waals surface area (Å²) < 4.78 is 42.3. The fraction of sp³-hybridized carbons (Fsp3) is 0.0833. The Kier molecular flexibility index (Phi) is 4.33. The fourth-order valence-electron chi connectivity index (χ4n) is 1.66. The van der Waals surface area contributed by atoms with E-state index in [1.165, 1.54) is 29.0 Å². The highest BCUT2D eigenvalue weighted by Crippen LogP contribution is 2.32. The van der Waals surface area contributed by atoms with E-state index in [9.17, 15) is 18.0 Å². The Hall–Kier alpha value is -1.48. The number of nitrogens with zero attached hydrogens (tertiary/aromatic N) is 1. The lowest BCUT2D eigenvalue weighted by molar-refractivity contribution is -0.274. The molecule has 0 saturated heterocycles. The minimum Gasteiger partial charge on any atom is -0.477 e. The van der Waals surface area contributed by atoms with Crippen LogP contribution in [0.1, 0.15) is 10.5 Å². The highest BCUT2D eigenvalue weighted by atomic mass is 79.9. The molecule has 0 aliphatic heterocycles. The Bertz CT molecular complexity index is 698. The molecule has 0 spiro atoms. The third kappa shape index (κ3) is 3.79. The topological polar surface area (TPSA) is 51.5 Å². The molecule has 0 saturated carbocycles. The number of aromatic nitrogens is 1. The van der Waals surface area contributed by atoms with Gasteiger partial charge in [-0.05, 0) is 56.1 Å². The highest BCUT2D eigenvalue weighted by Gasteiger charge is 2.32. The van der Waals surface area contributed by atoms with Crippen LogP contribution >= 0.6 is 31.9 Å². The molecule has 112 valence electrons. The van der Waals surface area contributed by atoms with Gasteiger partial charge in [0, 0.05) is 16.4 Å². The second-order valence-electron chi connectivity index (χ2n) is 3.88. The Morgan fingerprint density at radius 3 is 2.43 bits per heavy atom. The molecule has 9 heteroatoms. The number of carboxylic acids is 1. The van der Waals surface area contributed by atoms with Crippen molar-refractivity contribution in [3.8, 4) is 11.4 Å². The lowest BCUT2D eigenvalue weighted by Crippen LogP contribution is -2.17. The summed E-state index contributed by atoms with van der Waals surface area (Å²) in [6, 6.07) is 5.15. The van der Waals surface area contributed by atoms with Crippen LogP contribution in [0.3, 0.4) is 0 Å². The van der Waals surface area contributed by atoms with Gasteiger partial charge in [0.05, 0.1) is 4.47 Å². The standard InChI is InChI=1S/C12H6Br2F3NO3/c13-6-3-9(11(19)20)18(5-6)7-1-2-10(8(14)4-7)21-12(15,16)17/h1-5H,(H,19,20). The summed E-state index contributed by atoms with van der Waals surface area (Å²) in [5.74, 6) is -1.57. The third-order valence-corrected chi connectivity index (χ3v) is 3.48. The lowest BCUT2D eigenvalue weighted by atomic mass is 10.3. The van der Waals surface area contributed by atoms with Crippen LogP contribution in [0.25, 0.3) is 5.69 Å². The fourth-order valence-corrected chi connectivity index (χ4v) is 2.52. The van der Waals surface area contributed by atoms with E-state index in [0.29, 0.717) is 10.2 Å². The predicted octanol–water partition coefficient (Wildman–Crippen LogP) is 4.60. The molecule has 0 bridgehead atoms.